The van der Waals surface area contributed by atoms with Crippen LogP contribution in [-0.4, -0.2) is 19.6 Å². The molecule has 0 aliphatic rings. The van der Waals surface area contributed by atoms with Crippen molar-refractivity contribution in [2.24, 2.45) is 0 Å². The van der Waals surface area contributed by atoms with E-state index in [1.165, 1.54) is 135 Å². The summed E-state index contributed by atoms with van der Waals surface area (Å²) >= 11 is 0. The van der Waals surface area contributed by atoms with Crippen LogP contribution in [0.15, 0.2) is 0 Å². The largest absolute Gasteiger partial charge is 1.00 e. The summed E-state index contributed by atoms with van der Waals surface area (Å²) in [5, 5.41) is 0. The van der Waals surface area contributed by atoms with Gasteiger partial charge in [0.2, 0.25) is 0 Å². The first kappa shape index (κ1) is 28.6. The van der Waals surface area contributed by atoms with Gasteiger partial charge in [-0.3, -0.25) is 0 Å². The highest BCUT2D eigenvalue weighted by molar-refractivity contribution is 4.47. The Morgan fingerprint density at radius 2 is 0.577 bits per heavy atom. The Balaban J connectivity index is 0. The average molecular weight is 435 g/mol. The Morgan fingerprint density at radius 3 is 0.846 bits per heavy atom. The van der Waals surface area contributed by atoms with Crippen LogP contribution in [0.5, 0.6) is 0 Å². The van der Waals surface area contributed by atoms with E-state index in [0.717, 1.165) is 0 Å². The molecule has 0 fully saturated rings. The molecular formula is C24H52BrN. The van der Waals surface area contributed by atoms with Crippen molar-refractivity contribution in [3.05, 3.63) is 0 Å². The van der Waals surface area contributed by atoms with Crippen LogP contribution in [-0.2, 0) is 0 Å². The van der Waals surface area contributed by atoms with E-state index >= 15 is 0 Å². The summed E-state index contributed by atoms with van der Waals surface area (Å²) in [7, 11) is 0. The van der Waals surface area contributed by atoms with Crippen molar-refractivity contribution in [1.82, 2.24) is 0 Å². The maximum absolute atomic E-state index is 2.31. The predicted molar refractivity (Wildman–Crippen MR) is 116 cm³/mol. The maximum Gasteiger partial charge on any atom is 0.0770 e. The van der Waals surface area contributed by atoms with Crippen molar-refractivity contribution in [1.29, 1.82) is 0 Å². The molecular weight excluding hydrogens is 382 g/mol. The van der Waals surface area contributed by atoms with Gasteiger partial charge in [-0.15, -0.1) is 0 Å². The smallest absolute Gasteiger partial charge is 0.0770 e. The van der Waals surface area contributed by atoms with Crippen molar-refractivity contribution in [3.8, 4) is 0 Å². The van der Waals surface area contributed by atoms with Crippen LogP contribution in [0.1, 0.15) is 136 Å². The van der Waals surface area contributed by atoms with E-state index in [9.17, 15) is 0 Å². The molecule has 0 rings (SSSR count). The molecule has 1 nitrogen and oxygen atoms in total. The lowest BCUT2D eigenvalue weighted by atomic mass is 10.1. The molecule has 0 radical (unpaired) electrons. The van der Waals surface area contributed by atoms with Gasteiger partial charge < -0.3 is 21.9 Å². The molecule has 0 aliphatic heterocycles. The van der Waals surface area contributed by atoms with Gasteiger partial charge in [0.05, 0.1) is 19.6 Å². The maximum atomic E-state index is 2.31. The standard InChI is InChI=1S/C24H51N.BrH/c1-4-7-10-13-16-19-22-25(23-20-17-14-11-8-5-2)24-21-18-15-12-9-6-3;/h4-24H2,1-3H3;1H. The summed E-state index contributed by atoms with van der Waals surface area (Å²) in [5.74, 6) is 0. The second-order valence-electron chi connectivity index (χ2n) is 8.30. The first-order chi connectivity index (χ1) is 12.3. The minimum absolute atomic E-state index is 0. The second kappa shape index (κ2) is 25.4. The first-order valence-electron chi connectivity index (χ1n) is 12.2. The Labute approximate surface area is 177 Å². The molecule has 1 N–H and O–H groups in total. The number of nitrogens with one attached hydrogen (secondary N) is 1. The molecule has 0 atom stereocenters. The van der Waals surface area contributed by atoms with Crippen LogP contribution in [0, 0.1) is 0 Å². The zero-order valence-electron chi connectivity index (χ0n) is 18.7. The van der Waals surface area contributed by atoms with Gasteiger partial charge in [0.25, 0.3) is 0 Å². The molecule has 26 heavy (non-hydrogen) atoms. The number of quaternary nitrogens is 1. The van der Waals surface area contributed by atoms with E-state index < -0.39 is 0 Å². The number of hydrogen-bond acceptors (Lipinski definition) is 0. The molecule has 0 aliphatic carbocycles. The summed E-state index contributed by atoms with van der Waals surface area (Å²) in [4.78, 5) is 1.92. The lowest BCUT2D eigenvalue weighted by molar-refractivity contribution is -0.900. The SMILES string of the molecule is CCCCCCCC[NH+](CCCCCCCC)CCCCCCCC.[Br-]. The number of hydrogen-bond donors (Lipinski definition) is 1. The highest BCUT2D eigenvalue weighted by atomic mass is 79.9. The molecule has 0 unspecified atom stereocenters. The third-order valence-corrected chi connectivity index (χ3v) is 5.65. The summed E-state index contributed by atoms with van der Waals surface area (Å²) in [6, 6.07) is 0. The molecule has 0 aromatic rings. The fourth-order valence-electron chi connectivity index (χ4n) is 3.84. The van der Waals surface area contributed by atoms with Gasteiger partial charge in [-0.2, -0.15) is 0 Å². The zero-order valence-corrected chi connectivity index (χ0v) is 20.3. The molecule has 0 bridgehead atoms. The molecule has 2 heteroatoms. The van der Waals surface area contributed by atoms with Crippen LogP contribution in [0.25, 0.3) is 0 Å². The third kappa shape index (κ3) is 22.5. The highest BCUT2D eigenvalue weighted by Gasteiger charge is 2.08. The van der Waals surface area contributed by atoms with Crippen molar-refractivity contribution >= 4 is 0 Å². The Bertz CT molecular complexity index is 194. The van der Waals surface area contributed by atoms with Gasteiger partial charge in [-0.05, 0) is 38.5 Å². The number of unbranched alkanes of at least 4 members (excludes halogenated alkanes) is 15. The minimum atomic E-state index is 0. The summed E-state index contributed by atoms with van der Waals surface area (Å²) < 4.78 is 0. The Kier molecular flexibility index (Phi) is 28.0. The van der Waals surface area contributed by atoms with Crippen molar-refractivity contribution < 1.29 is 21.9 Å². The zero-order chi connectivity index (χ0) is 18.4. The normalized spacial score (nSPS) is 11.1. The molecule has 0 saturated carbocycles. The van der Waals surface area contributed by atoms with Crippen LogP contribution in [0.3, 0.4) is 0 Å². The summed E-state index contributed by atoms with van der Waals surface area (Å²) in [5.41, 5.74) is 0. The molecule has 0 spiro atoms. The van der Waals surface area contributed by atoms with Crippen LogP contribution >= 0.6 is 0 Å². The Hall–Kier alpha value is 0.440. The van der Waals surface area contributed by atoms with E-state index in [1.807, 2.05) is 4.90 Å². The minimum Gasteiger partial charge on any atom is -1.00 e. The lowest BCUT2D eigenvalue weighted by Gasteiger charge is -2.19. The van der Waals surface area contributed by atoms with E-state index in [2.05, 4.69) is 20.8 Å². The lowest BCUT2D eigenvalue weighted by Crippen LogP contribution is -3.12. The van der Waals surface area contributed by atoms with E-state index in [4.69, 9.17) is 0 Å². The van der Waals surface area contributed by atoms with Crippen LogP contribution < -0.4 is 21.9 Å². The van der Waals surface area contributed by atoms with E-state index in [1.54, 1.807) is 0 Å². The second-order valence-corrected chi connectivity index (χ2v) is 8.30. The van der Waals surface area contributed by atoms with Gasteiger partial charge in [0.15, 0.2) is 0 Å². The number of halogens is 1. The summed E-state index contributed by atoms with van der Waals surface area (Å²) in [6.45, 7) is 11.3. The van der Waals surface area contributed by atoms with Crippen LogP contribution in [0.4, 0.5) is 0 Å². The highest BCUT2D eigenvalue weighted by Crippen LogP contribution is 2.06. The Morgan fingerprint density at radius 1 is 0.346 bits per heavy atom. The van der Waals surface area contributed by atoms with Crippen molar-refractivity contribution in [3.63, 3.8) is 0 Å². The van der Waals surface area contributed by atoms with Crippen molar-refractivity contribution in [2.75, 3.05) is 19.6 Å². The monoisotopic (exact) mass is 433 g/mol. The molecule has 0 heterocycles. The predicted octanol–water partition coefficient (Wildman–Crippen LogP) is 3.96. The van der Waals surface area contributed by atoms with Gasteiger partial charge in [0, 0.05) is 0 Å². The molecule has 160 valence electrons. The molecule has 0 amide bonds. The van der Waals surface area contributed by atoms with Gasteiger partial charge in [0.1, 0.15) is 0 Å². The van der Waals surface area contributed by atoms with Gasteiger partial charge in [-0.1, -0.05) is 97.8 Å². The van der Waals surface area contributed by atoms with Gasteiger partial charge in [-0.25, -0.2) is 0 Å². The number of rotatable bonds is 21. The topological polar surface area (TPSA) is 4.44 Å². The summed E-state index contributed by atoms with van der Waals surface area (Å²) in [6.07, 6.45) is 26.0. The van der Waals surface area contributed by atoms with Crippen LogP contribution in [0.2, 0.25) is 0 Å². The first-order valence-corrected chi connectivity index (χ1v) is 12.2. The molecule has 0 aromatic carbocycles. The average Bonchev–Trinajstić information content (AvgIpc) is 2.63. The van der Waals surface area contributed by atoms with Gasteiger partial charge >= 0.3 is 0 Å². The molecule has 0 aromatic heterocycles. The quantitative estimate of drug-likeness (QED) is 0.261. The third-order valence-electron chi connectivity index (χ3n) is 5.65. The van der Waals surface area contributed by atoms with Crippen molar-refractivity contribution in [2.45, 2.75) is 136 Å². The fourth-order valence-corrected chi connectivity index (χ4v) is 3.84. The van der Waals surface area contributed by atoms with E-state index in [0.29, 0.717) is 0 Å². The molecule has 0 saturated heterocycles. The van der Waals surface area contributed by atoms with E-state index in [-0.39, 0.29) is 17.0 Å². The fraction of sp³-hybridized carbons (Fsp3) is 1.00.